The summed E-state index contributed by atoms with van der Waals surface area (Å²) in [7, 11) is 0. The molecule has 0 radical (unpaired) electrons. The lowest BCUT2D eigenvalue weighted by atomic mass is 10.0. The highest BCUT2D eigenvalue weighted by atomic mass is 16.4. The van der Waals surface area contributed by atoms with Gasteiger partial charge >= 0.3 is 5.97 Å². The van der Waals surface area contributed by atoms with Crippen molar-refractivity contribution in [3.63, 3.8) is 0 Å². The molecule has 0 bridgehead atoms. The lowest BCUT2D eigenvalue weighted by Crippen LogP contribution is -2.57. The van der Waals surface area contributed by atoms with Crippen molar-refractivity contribution in [1.29, 1.82) is 0 Å². The van der Waals surface area contributed by atoms with Crippen molar-refractivity contribution in [3.8, 4) is 11.5 Å². The molecule has 0 aliphatic rings. The third-order valence-electron chi connectivity index (χ3n) is 6.12. The summed E-state index contributed by atoms with van der Waals surface area (Å²) in [4.78, 5) is 50.8. The molecule has 0 heterocycles. The number of benzene rings is 3. The summed E-state index contributed by atoms with van der Waals surface area (Å²) in [5.41, 5.74) is 7.36. The van der Waals surface area contributed by atoms with Gasteiger partial charge in [0, 0.05) is 19.3 Å². The Kier molecular flexibility index (Phi) is 10.6. The highest BCUT2D eigenvalue weighted by Gasteiger charge is 2.30. The SMILES string of the molecule is NCC(=O)NC(Cc1ccc(O)cc1)C(=O)NC(Cc1ccccc1)C(=O)NC(Cc1ccc(O)cc1)C(=O)O. The van der Waals surface area contributed by atoms with E-state index in [9.17, 15) is 34.5 Å². The minimum absolute atomic E-state index is 0.0221. The topological polar surface area (TPSA) is 191 Å². The zero-order valence-electron chi connectivity index (χ0n) is 21.6. The van der Waals surface area contributed by atoms with Crippen LogP contribution in [0.4, 0.5) is 0 Å². The Morgan fingerprint density at radius 1 is 0.600 bits per heavy atom. The normalized spacial score (nSPS) is 12.9. The number of phenols is 2. The molecule has 3 atom stereocenters. The average molecular weight is 549 g/mol. The van der Waals surface area contributed by atoms with E-state index in [-0.39, 0.29) is 37.3 Å². The average Bonchev–Trinajstić information content (AvgIpc) is 2.94. The van der Waals surface area contributed by atoms with Crippen LogP contribution in [-0.2, 0) is 38.4 Å². The standard InChI is InChI=1S/C29H32N4O7/c30-17-26(36)31-23(15-19-6-10-21(34)11-7-19)27(37)32-24(14-18-4-2-1-3-5-18)28(38)33-25(29(39)40)16-20-8-12-22(35)13-9-20/h1-13,23-25,34-35H,14-17,30H2,(H,31,36)(H,32,37)(H,33,38)(H,39,40). The van der Waals surface area contributed by atoms with Crippen LogP contribution in [-0.4, -0.2) is 63.7 Å². The number of aromatic hydroxyl groups is 2. The summed E-state index contributed by atoms with van der Waals surface area (Å²) in [5.74, 6) is -3.19. The predicted octanol–water partition coefficient (Wildman–Crippen LogP) is 0.623. The Morgan fingerprint density at radius 3 is 1.45 bits per heavy atom. The number of nitrogens with one attached hydrogen (secondary N) is 3. The van der Waals surface area contributed by atoms with Gasteiger partial charge in [0.1, 0.15) is 29.6 Å². The monoisotopic (exact) mass is 548 g/mol. The molecule has 11 nitrogen and oxygen atoms in total. The zero-order valence-corrected chi connectivity index (χ0v) is 21.6. The van der Waals surface area contributed by atoms with Crippen molar-refractivity contribution in [2.24, 2.45) is 5.73 Å². The van der Waals surface area contributed by atoms with Crippen molar-refractivity contribution < 1.29 is 34.5 Å². The quantitative estimate of drug-likeness (QED) is 0.162. The molecule has 0 saturated heterocycles. The van der Waals surface area contributed by atoms with Crippen LogP contribution < -0.4 is 21.7 Å². The fraction of sp³-hybridized carbons (Fsp3) is 0.241. The minimum atomic E-state index is -1.31. The van der Waals surface area contributed by atoms with Crippen LogP contribution in [0, 0.1) is 0 Å². The minimum Gasteiger partial charge on any atom is -0.508 e. The molecule has 0 fully saturated rings. The van der Waals surface area contributed by atoms with Crippen LogP contribution in [0.15, 0.2) is 78.9 Å². The fourth-order valence-electron chi connectivity index (χ4n) is 4.00. The molecule has 3 aromatic rings. The van der Waals surface area contributed by atoms with E-state index in [4.69, 9.17) is 5.73 Å². The highest BCUT2D eigenvalue weighted by molar-refractivity contribution is 5.94. The van der Waals surface area contributed by atoms with E-state index in [1.165, 1.54) is 24.3 Å². The van der Waals surface area contributed by atoms with Gasteiger partial charge in [-0.1, -0.05) is 54.6 Å². The van der Waals surface area contributed by atoms with Gasteiger partial charge in [0.05, 0.1) is 6.54 Å². The number of hydrogen-bond donors (Lipinski definition) is 7. The Balaban J connectivity index is 1.81. The van der Waals surface area contributed by atoms with Gasteiger partial charge < -0.3 is 37.0 Å². The molecule has 0 aliphatic heterocycles. The van der Waals surface area contributed by atoms with E-state index < -0.39 is 41.8 Å². The number of hydrogen-bond acceptors (Lipinski definition) is 7. The zero-order chi connectivity index (χ0) is 29.1. The maximum Gasteiger partial charge on any atom is 0.326 e. The Labute approximate surface area is 231 Å². The van der Waals surface area contributed by atoms with Gasteiger partial charge in [0.2, 0.25) is 17.7 Å². The van der Waals surface area contributed by atoms with Gasteiger partial charge in [-0.25, -0.2) is 4.79 Å². The highest BCUT2D eigenvalue weighted by Crippen LogP contribution is 2.14. The molecule has 3 unspecified atom stereocenters. The Bertz CT molecular complexity index is 1300. The first-order valence-electron chi connectivity index (χ1n) is 12.6. The van der Waals surface area contributed by atoms with Crippen LogP contribution >= 0.6 is 0 Å². The number of carboxylic acid groups (broad SMARTS) is 1. The number of amides is 3. The molecular formula is C29H32N4O7. The molecule has 3 aromatic carbocycles. The van der Waals surface area contributed by atoms with Crippen LogP contribution in [0.1, 0.15) is 16.7 Å². The van der Waals surface area contributed by atoms with Gasteiger partial charge in [0.15, 0.2) is 0 Å². The number of nitrogens with two attached hydrogens (primary N) is 1. The van der Waals surface area contributed by atoms with Crippen molar-refractivity contribution >= 4 is 23.7 Å². The van der Waals surface area contributed by atoms with Gasteiger partial charge in [-0.3, -0.25) is 14.4 Å². The van der Waals surface area contributed by atoms with Crippen LogP contribution in [0.3, 0.4) is 0 Å². The van der Waals surface area contributed by atoms with Crippen LogP contribution in [0.5, 0.6) is 11.5 Å². The van der Waals surface area contributed by atoms with Gasteiger partial charge in [-0.15, -0.1) is 0 Å². The Morgan fingerprint density at radius 2 is 1.00 bits per heavy atom. The number of aliphatic carboxylic acids is 1. The first-order valence-corrected chi connectivity index (χ1v) is 12.6. The van der Waals surface area contributed by atoms with Crippen molar-refractivity contribution in [1.82, 2.24) is 16.0 Å². The second kappa shape index (κ2) is 14.3. The lowest BCUT2D eigenvalue weighted by molar-refractivity contribution is -0.142. The second-order valence-corrected chi connectivity index (χ2v) is 9.22. The maximum atomic E-state index is 13.4. The first-order chi connectivity index (χ1) is 19.1. The molecule has 8 N–H and O–H groups in total. The summed E-state index contributed by atoms with van der Waals surface area (Å²) in [6.45, 7) is -0.356. The summed E-state index contributed by atoms with van der Waals surface area (Å²) in [6, 6.07) is 17.3. The molecule has 0 aliphatic carbocycles. The van der Waals surface area contributed by atoms with Gasteiger partial charge in [-0.2, -0.15) is 0 Å². The molecule has 3 amide bonds. The smallest absolute Gasteiger partial charge is 0.326 e. The predicted molar refractivity (Wildman–Crippen MR) is 146 cm³/mol. The summed E-state index contributed by atoms with van der Waals surface area (Å²) < 4.78 is 0. The lowest BCUT2D eigenvalue weighted by Gasteiger charge is -2.25. The number of carboxylic acids is 1. The molecule has 0 aromatic heterocycles. The molecular weight excluding hydrogens is 516 g/mol. The molecule has 0 saturated carbocycles. The van der Waals surface area contributed by atoms with Crippen molar-refractivity contribution in [3.05, 3.63) is 95.6 Å². The molecule has 0 spiro atoms. The molecule has 11 heteroatoms. The van der Waals surface area contributed by atoms with Gasteiger partial charge in [-0.05, 0) is 41.0 Å². The number of phenolic OH excluding ortho intramolecular Hbond substituents is 2. The van der Waals surface area contributed by atoms with Gasteiger partial charge in [0.25, 0.3) is 0 Å². The van der Waals surface area contributed by atoms with E-state index >= 15 is 0 Å². The Hall–Kier alpha value is -4.90. The molecule has 3 rings (SSSR count). The van der Waals surface area contributed by atoms with E-state index in [0.29, 0.717) is 11.1 Å². The third-order valence-corrected chi connectivity index (χ3v) is 6.12. The molecule has 210 valence electrons. The van der Waals surface area contributed by atoms with Crippen LogP contribution in [0.25, 0.3) is 0 Å². The molecule has 40 heavy (non-hydrogen) atoms. The summed E-state index contributed by atoms with van der Waals surface area (Å²) >= 11 is 0. The fourth-order valence-corrected chi connectivity index (χ4v) is 4.00. The number of carbonyl (C=O) groups is 4. The van der Waals surface area contributed by atoms with E-state index in [0.717, 1.165) is 5.56 Å². The maximum absolute atomic E-state index is 13.4. The number of rotatable bonds is 13. The largest absolute Gasteiger partial charge is 0.508 e. The van der Waals surface area contributed by atoms with E-state index in [1.807, 2.05) is 0 Å². The number of carbonyl (C=O) groups excluding carboxylic acids is 3. The van der Waals surface area contributed by atoms with Crippen LogP contribution in [0.2, 0.25) is 0 Å². The van der Waals surface area contributed by atoms with E-state index in [2.05, 4.69) is 16.0 Å². The second-order valence-electron chi connectivity index (χ2n) is 9.22. The third kappa shape index (κ3) is 9.14. The van der Waals surface area contributed by atoms with Crippen molar-refractivity contribution in [2.75, 3.05) is 6.54 Å². The summed E-state index contributed by atoms with van der Waals surface area (Å²) in [5, 5.41) is 36.5. The summed E-state index contributed by atoms with van der Waals surface area (Å²) in [6.07, 6.45) is 0.0558. The first kappa shape index (κ1) is 29.7. The van der Waals surface area contributed by atoms with E-state index in [1.54, 1.807) is 54.6 Å². The van der Waals surface area contributed by atoms with Crippen molar-refractivity contribution in [2.45, 2.75) is 37.4 Å².